The van der Waals surface area contributed by atoms with Gasteiger partial charge in [0.05, 0.1) is 11.2 Å². The van der Waals surface area contributed by atoms with Crippen LogP contribution in [0, 0.1) is 12.3 Å². The molecule has 0 radical (unpaired) electrons. The highest BCUT2D eigenvalue weighted by Gasteiger charge is 2.23. The molecule has 86 valence electrons. The van der Waals surface area contributed by atoms with E-state index in [4.69, 9.17) is 6.42 Å². The van der Waals surface area contributed by atoms with Gasteiger partial charge in [0.1, 0.15) is 4.88 Å². The Kier molecular flexibility index (Phi) is 3.66. The molecular formula is C11H15N3OS. The Labute approximate surface area is 99.6 Å². The van der Waals surface area contributed by atoms with Crippen LogP contribution in [0.4, 0.5) is 0 Å². The number of carbonyl (C=O) groups is 1. The maximum absolute atomic E-state index is 11.9. The van der Waals surface area contributed by atoms with Gasteiger partial charge in [0.15, 0.2) is 0 Å². The number of rotatable bonds is 3. The number of hydrogen-bond donors (Lipinski definition) is 1. The van der Waals surface area contributed by atoms with Crippen molar-refractivity contribution in [2.45, 2.75) is 39.2 Å². The van der Waals surface area contributed by atoms with Gasteiger partial charge in [0.25, 0.3) is 5.91 Å². The highest BCUT2D eigenvalue weighted by Crippen LogP contribution is 2.20. The lowest BCUT2D eigenvalue weighted by atomic mass is 10.1. The summed E-state index contributed by atoms with van der Waals surface area (Å²) in [6, 6.07) is 0. The number of aromatic nitrogens is 2. The van der Waals surface area contributed by atoms with Crippen LogP contribution in [0.15, 0.2) is 0 Å². The van der Waals surface area contributed by atoms with Crippen molar-refractivity contribution < 1.29 is 4.79 Å². The second-order valence-electron chi connectivity index (χ2n) is 4.37. The van der Waals surface area contributed by atoms with Crippen molar-refractivity contribution in [3.05, 3.63) is 10.6 Å². The predicted octanol–water partition coefficient (Wildman–Crippen LogP) is 1.80. The molecular weight excluding hydrogens is 222 g/mol. The molecule has 0 aromatic carbocycles. The zero-order valence-corrected chi connectivity index (χ0v) is 10.7. The molecule has 0 bridgehead atoms. The lowest BCUT2D eigenvalue weighted by Crippen LogP contribution is -2.42. The first-order valence-corrected chi connectivity index (χ1v) is 5.77. The molecule has 1 aromatic rings. The minimum Gasteiger partial charge on any atom is -0.335 e. The minimum atomic E-state index is -0.657. The van der Waals surface area contributed by atoms with E-state index < -0.39 is 5.54 Å². The first-order valence-electron chi connectivity index (χ1n) is 5.00. The minimum absolute atomic E-state index is 0.174. The fraction of sp³-hybridized carbons (Fsp3) is 0.545. The van der Waals surface area contributed by atoms with E-state index in [0.29, 0.717) is 4.88 Å². The number of terminal acetylenes is 1. The molecule has 0 saturated carbocycles. The topological polar surface area (TPSA) is 54.9 Å². The molecule has 0 spiro atoms. The van der Waals surface area contributed by atoms with Gasteiger partial charge in [-0.2, -0.15) is 0 Å². The van der Waals surface area contributed by atoms with Crippen LogP contribution in [-0.2, 0) is 0 Å². The molecule has 1 rings (SSSR count). The van der Waals surface area contributed by atoms with E-state index in [0.717, 1.165) is 17.2 Å². The lowest BCUT2D eigenvalue weighted by Gasteiger charge is -2.19. The molecule has 16 heavy (non-hydrogen) atoms. The molecule has 0 aliphatic carbocycles. The lowest BCUT2D eigenvalue weighted by molar-refractivity contribution is 0.0932. The van der Waals surface area contributed by atoms with Gasteiger partial charge < -0.3 is 5.32 Å². The summed E-state index contributed by atoms with van der Waals surface area (Å²) in [4.78, 5) is 12.5. The molecule has 0 atom stereocenters. The van der Waals surface area contributed by atoms with E-state index in [-0.39, 0.29) is 11.8 Å². The van der Waals surface area contributed by atoms with Gasteiger partial charge in [-0.05, 0) is 31.3 Å². The Hall–Kier alpha value is -1.41. The van der Waals surface area contributed by atoms with E-state index in [1.54, 1.807) is 13.8 Å². The predicted molar refractivity (Wildman–Crippen MR) is 64.4 cm³/mol. The second-order valence-corrected chi connectivity index (χ2v) is 5.12. The molecule has 0 aliphatic heterocycles. The van der Waals surface area contributed by atoms with Crippen LogP contribution >= 0.6 is 11.5 Å². The van der Waals surface area contributed by atoms with Crippen molar-refractivity contribution in [2.75, 3.05) is 0 Å². The molecule has 0 fully saturated rings. The third kappa shape index (κ3) is 2.80. The van der Waals surface area contributed by atoms with E-state index in [1.807, 2.05) is 13.8 Å². The van der Waals surface area contributed by atoms with Crippen molar-refractivity contribution in [3.8, 4) is 12.3 Å². The highest BCUT2D eigenvalue weighted by molar-refractivity contribution is 7.08. The Morgan fingerprint density at radius 2 is 2.19 bits per heavy atom. The average Bonchev–Trinajstić information content (AvgIpc) is 2.65. The number of amides is 1. The summed E-state index contributed by atoms with van der Waals surface area (Å²) in [7, 11) is 0. The van der Waals surface area contributed by atoms with Gasteiger partial charge in [0.2, 0.25) is 0 Å². The Morgan fingerprint density at radius 3 is 2.69 bits per heavy atom. The molecule has 0 saturated heterocycles. The van der Waals surface area contributed by atoms with Gasteiger partial charge >= 0.3 is 0 Å². The fourth-order valence-electron chi connectivity index (χ4n) is 1.11. The number of hydrogen-bond acceptors (Lipinski definition) is 4. The van der Waals surface area contributed by atoms with Crippen LogP contribution < -0.4 is 5.32 Å². The van der Waals surface area contributed by atoms with E-state index in [1.165, 1.54) is 0 Å². The van der Waals surface area contributed by atoms with E-state index in [2.05, 4.69) is 20.8 Å². The maximum Gasteiger partial charge on any atom is 0.266 e. The van der Waals surface area contributed by atoms with Crippen LogP contribution in [0.1, 0.15) is 49.0 Å². The Bertz CT molecular complexity index is 429. The van der Waals surface area contributed by atoms with Crippen LogP contribution in [0.3, 0.4) is 0 Å². The number of carbonyl (C=O) groups excluding carboxylic acids is 1. The van der Waals surface area contributed by atoms with Crippen molar-refractivity contribution in [1.29, 1.82) is 0 Å². The molecule has 0 aliphatic rings. The normalized spacial score (nSPS) is 11.2. The zero-order valence-electron chi connectivity index (χ0n) is 9.87. The maximum atomic E-state index is 11.9. The largest absolute Gasteiger partial charge is 0.335 e. The molecule has 5 heteroatoms. The van der Waals surface area contributed by atoms with Crippen molar-refractivity contribution in [1.82, 2.24) is 14.9 Å². The molecule has 1 amide bonds. The summed E-state index contributed by atoms with van der Waals surface area (Å²) in [5.74, 6) is 2.48. The quantitative estimate of drug-likeness (QED) is 0.816. The Balaban J connectivity index is 2.90. The monoisotopic (exact) mass is 237 g/mol. The van der Waals surface area contributed by atoms with Crippen LogP contribution in [-0.4, -0.2) is 21.0 Å². The summed E-state index contributed by atoms with van der Waals surface area (Å²) in [6.45, 7) is 7.49. The number of nitrogens with one attached hydrogen (secondary N) is 1. The third-order valence-corrected chi connectivity index (χ3v) is 2.79. The molecule has 4 nitrogen and oxygen atoms in total. The highest BCUT2D eigenvalue weighted by atomic mass is 32.1. The summed E-state index contributed by atoms with van der Waals surface area (Å²) in [5.41, 5.74) is 0.0605. The van der Waals surface area contributed by atoms with Crippen LogP contribution in [0.25, 0.3) is 0 Å². The van der Waals surface area contributed by atoms with Gasteiger partial charge in [0, 0.05) is 0 Å². The Morgan fingerprint density at radius 1 is 1.56 bits per heavy atom. The third-order valence-electron chi connectivity index (χ3n) is 2.05. The zero-order chi connectivity index (χ0) is 12.3. The summed E-state index contributed by atoms with van der Waals surface area (Å²) < 4.78 is 3.80. The average molecular weight is 237 g/mol. The second kappa shape index (κ2) is 4.62. The van der Waals surface area contributed by atoms with Gasteiger partial charge in [-0.3, -0.25) is 4.79 Å². The van der Waals surface area contributed by atoms with Crippen molar-refractivity contribution in [2.24, 2.45) is 0 Å². The molecule has 0 unspecified atom stereocenters. The van der Waals surface area contributed by atoms with Gasteiger partial charge in [-0.15, -0.1) is 11.5 Å². The first kappa shape index (κ1) is 12.7. The standard InChI is InChI=1S/C11H15N3OS/c1-6-11(4,5)12-10(15)9-8(7(2)3)13-14-16-9/h1,7H,2-5H3,(H,12,15). The van der Waals surface area contributed by atoms with Crippen LogP contribution in [0.2, 0.25) is 0 Å². The molecule has 1 N–H and O–H groups in total. The van der Waals surface area contributed by atoms with Gasteiger partial charge in [-0.25, -0.2) is 0 Å². The van der Waals surface area contributed by atoms with Crippen molar-refractivity contribution >= 4 is 17.4 Å². The van der Waals surface area contributed by atoms with E-state index in [9.17, 15) is 4.79 Å². The van der Waals surface area contributed by atoms with Gasteiger partial charge in [-0.1, -0.05) is 24.3 Å². The summed E-state index contributed by atoms with van der Waals surface area (Å²) >= 11 is 1.10. The fourth-order valence-corrected chi connectivity index (χ4v) is 1.82. The summed E-state index contributed by atoms with van der Waals surface area (Å²) in [6.07, 6.45) is 5.31. The van der Waals surface area contributed by atoms with E-state index >= 15 is 0 Å². The van der Waals surface area contributed by atoms with Crippen LogP contribution in [0.5, 0.6) is 0 Å². The SMILES string of the molecule is C#CC(C)(C)NC(=O)c1snnc1C(C)C. The molecule has 1 heterocycles. The smallest absolute Gasteiger partial charge is 0.266 e. The summed E-state index contributed by atoms with van der Waals surface area (Å²) in [5, 5.41) is 6.71. The van der Waals surface area contributed by atoms with Crippen molar-refractivity contribution in [3.63, 3.8) is 0 Å². The molecule has 1 aromatic heterocycles. The number of nitrogens with zero attached hydrogens (tertiary/aromatic N) is 2. The first-order chi connectivity index (χ1) is 7.37.